The van der Waals surface area contributed by atoms with E-state index < -0.39 is 0 Å². The lowest BCUT2D eigenvalue weighted by Gasteiger charge is -2.23. The molecule has 128 valence electrons. The Morgan fingerprint density at radius 2 is 2.26 bits per heavy atom. The molecule has 1 aliphatic rings. The summed E-state index contributed by atoms with van der Waals surface area (Å²) in [5.41, 5.74) is 1.26. The minimum atomic E-state index is -0.196. The van der Waals surface area contributed by atoms with Gasteiger partial charge in [0.2, 0.25) is 0 Å². The van der Waals surface area contributed by atoms with Gasteiger partial charge in [-0.05, 0) is 44.0 Å². The third-order valence-corrected chi connectivity index (χ3v) is 5.21. The molecule has 0 saturated carbocycles. The second-order valence-corrected chi connectivity index (χ2v) is 6.61. The summed E-state index contributed by atoms with van der Waals surface area (Å²) in [6, 6.07) is 1.96. The van der Waals surface area contributed by atoms with Gasteiger partial charge in [-0.25, -0.2) is 0 Å². The second-order valence-electron chi connectivity index (χ2n) is 5.75. The van der Waals surface area contributed by atoms with Gasteiger partial charge in [-0.2, -0.15) is 0 Å². The molecule has 23 heavy (non-hydrogen) atoms. The Hall–Kier alpha value is -1.27. The van der Waals surface area contributed by atoms with E-state index in [1.165, 1.54) is 13.5 Å². The molecule has 1 aromatic carbocycles. The third-order valence-electron chi connectivity index (χ3n) is 4.50. The van der Waals surface area contributed by atoms with Gasteiger partial charge in [-0.3, -0.25) is 9.69 Å². The van der Waals surface area contributed by atoms with E-state index in [1.54, 1.807) is 6.07 Å². The monoisotopic (exact) mass is 384 g/mol. The molecular weight excluding hydrogens is 360 g/mol. The summed E-state index contributed by atoms with van der Waals surface area (Å²) in [5, 5.41) is 13.1. The van der Waals surface area contributed by atoms with Crippen molar-refractivity contribution in [2.24, 2.45) is 0 Å². The molecule has 1 fully saturated rings. The molecule has 0 unspecified atom stereocenters. The maximum absolute atomic E-state index is 12.7. The van der Waals surface area contributed by atoms with Crippen molar-refractivity contribution >= 4 is 21.8 Å². The number of carbonyl (C=O) groups is 1. The topological polar surface area (TPSA) is 61.8 Å². The average molecular weight is 385 g/mol. The zero-order valence-corrected chi connectivity index (χ0v) is 15.6. The summed E-state index contributed by atoms with van der Waals surface area (Å²) in [6.45, 7) is 6.83. The number of hydrogen-bond donors (Lipinski definition) is 2. The lowest BCUT2D eigenvalue weighted by molar-refractivity contribution is 0.0936. The van der Waals surface area contributed by atoms with Crippen LogP contribution in [0, 0.1) is 0 Å². The number of methoxy groups -OCH3 is 1. The second kappa shape index (κ2) is 8.02. The number of nitrogens with one attached hydrogen (secondary N) is 1. The van der Waals surface area contributed by atoms with E-state index in [1.807, 2.05) is 6.92 Å². The van der Waals surface area contributed by atoms with E-state index in [9.17, 15) is 9.90 Å². The molecule has 1 saturated heterocycles. The molecule has 6 heteroatoms. The van der Waals surface area contributed by atoms with Gasteiger partial charge in [-0.1, -0.05) is 29.8 Å². The molecule has 5 nitrogen and oxygen atoms in total. The van der Waals surface area contributed by atoms with Crippen LogP contribution >= 0.6 is 15.9 Å². The lowest BCUT2D eigenvalue weighted by atomic mass is 10.0. The Balaban J connectivity index is 2.21. The van der Waals surface area contributed by atoms with Gasteiger partial charge < -0.3 is 15.2 Å². The number of likely N-dealkylation sites (N-methyl/N-ethyl adjacent to an activating group) is 1. The van der Waals surface area contributed by atoms with Crippen LogP contribution in [0.1, 0.15) is 42.6 Å². The zero-order valence-electron chi connectivity index (χ0n) is 14.0. The van der Waals surface area contributed by atoms with E-state index in [4.69, 9.17) is 4.74 Å². The van der Waals surface area contributed by atoms with Crippen LogP contribution in [-0.4, -0.2) is 48.7 Å². The molecule has 0 aliphatic carbocycles. The Morgan fingerprint density at radius 3 is 2.87 bits per heavy atom. The highest BCUT2D eigenvalue weighted by Gasteiger charge is 2.26. The number of likely N-dealkylation sites (tertiary alicyclic amines) is 1. The number of aromatic hydroxyl groups is 1. The predicted octanol–water partition coefficient (Wildman–Crippen LogP) is 2.94. The smallest absolute Gasteiger partial charge is 0.255 e. The number of ether oxygens (including phenoxy) is 1. The molecule has 0 spiro atoms. The van der Waals surface area contributed by atoms with Gasteiger partial charge in [0, 0.05) is 17.1 Å². The normalized spacial score (nSPS) is 18.2. The number of carbonyl (C=O) groups excluding carboxylic acids is 1. The van der Waals surface area contributed by atoms with Gasteiger partial charge in [0.25, 0.3) is 5.91 Å². The van der Waals surface area contributed by atoms with Crippen LogP contribution in [0.15, 0.2) is 10.5 Å². The Labute approximate surface area is 146 Å². The molecule has 1 aromatic rings. The predicted molar refractivity (Wildman–Crippen MR) is 94.3 cm³/mol. The van der Waals surface area contributed by atoms with E-state index in [0.29, 0.717) is 24.6 Å². The molecule has 1 amide bonds. The number of halogens is 1. The van der Waals surface area contributed by atoms with Crippen LogP contribution in [0.2, 0.25) is 0 Å². The summed E-state index contributed by atoms with van der Waals surface area (Å²) >= 11 is 3.42. The number of hydrogen-bond acceptors (Lipinski definition) is 4. The van der Waals surface area contributed by atoms with Crippen LogP contribution in [0.4, 0.5) is 0 Å². The standard InChI is InChI=1S/C17H25BrN2O3/c1-4-12-13(18)9-14(21)16(23-3)15(12)17(22)19-10-11-7-6-8-20(11)5-2/h9,11,21H,4-8,10H2,1-3H3,(H,19,22)/t11-/m0/s1. The van der Waals surface area contributed by atoms with Crippen LogP contribution in [0.5, 0.6) is 11.5 Å². The molecule has 2 N–H and O–H groups in total. The van der Waals surface area contributed by atoms with Crippen molar-refractivity contribution in [3.63, 3.8) is 0 Å². The molecule has 1 aliphatic heterocycles. The highest BCUT2D eigenvalue weighted by atomic mass is 79.9. The van der Waals surface area contributed by atoms with Crippen molar-refractivity contribution < 1.29 is 14.6 Å². The Morgan fingerprint density at radius 1 is 1.52 bits per heavy atom. The van der Waals surface area contributed by atoms with Crippen molar-refractivity contribution in [1.82, 2.24) is 10.2 Å². The van der Waals surface area contributed by atoms with Gasteiger partial charge in [-0.15, -0.1) is 0 Å². The van der Waals surface area contributed by atoms with Crippen molar-refractivity contribution in [3.8, 4) is 11.5 Å². The first kappa shape index (κ1) is 18.1. The molecule has 1 heterocycles. The Bertz CT molecular complexity index is 549. The first-order valence-corrected chi connectivity index (χ1v) is 8.93. The highest BCUT2D eigenvalue weighted by Crippen LogP contribution is 2.37. The molecule has 2 rings (SSSR count). The minimum Gasteiger partial charge on any atom is -0.504 e. The van der Waals surface area contributed by atoms with Gasteiger partial charge in [0.05, 0.1) is 12.7 Å². The molecule has 1 atom stereocenters. The van der Waals surface area contributed by atoms with Gasteiger partial charge in [0.15, 0.2) is 11.5 Å². The van der Waals surface area contributed by atoms with Crippen LogP contribution in [0.3, 0.4) is 0 Å². The first-order valence-electron chi connectivity index (χ1n) is 8.13. The van der Waals surface area contributed by atoms with Gasteiger partial charge in [0.1, 0.15) is 0 Å². The Kier molecular flexibility index (Phi) is 6.30. The van der Waals surface area contributed by atoms with E-state index in [-0.39, 0.29) is 17.4 Å². The maximum atomic E-state index is 12.7. The van der Waals surface area contributed by atoms with Crippen molar-refractivity contribution in [3.05, 3.63) is 21.7 Å². The number of nitrogens with zero attached hydrogens (tertiary/aromatic N) is 1. The molecule has 0 radical (unpaired) electrons. The zero-order chi connectivity index (χ0) is 17.0. The van der Waals surface area contributed by atoms with Crippen LogP contribution in [-0.2, 0) is 6.42 Å². The van der Waals surface area contributed by atoms with Gasteiger partial charge >= 0.3 is 0 Å². The number of amides is 1. The van der Waals surface area contributed by atoms with Crippen LogP contribution < -0.4 is 10.1 Å². The lowest BCUT2D eigenvalue weighted by Crippen LogP contribution is -2.40. The van der Waals surface area contributed by atoms with Crippen molar-refractivity contribution in [2.75, 3.05) is 26.7 Å². The molecule has 0 bridgehead atoms. The fourth-order valence-electron chi connectivity index (χ4n) is 3.29. The number of phenols is 1. The largest absolute Gasteiger partial charge is 0.504 e. The summed E-state index contributed by atoms with van der Waals surface area (Å²) in [7, 11) is 1.47. The van der Waals surface area contributed by atoms with Crippen LogP contribution in [0.25, 0.3) is 0 Å². The maximum Gasteiger partial charge on any atom is 0.255 e. The third kappa shape index (κ3) is 3.80. The van der Waals surface area contributed by atoms with Crippen molar-refractivity contribution in [1.29, 1.82) is 0 Å². The fraction of sp³-hybridized carbons (Fsp3) is 0.588. The van der Waals surface area contributed by atoms with E-state index in [2.05, 4.69) is 33.1 Å². The minimum absolute atomic E-state index is 0.0298. The summed E-state index contributed by atoms with van der Waals surface area (Å²) < 4.78 is 5.99. The average Bonchev–Trinajstić information content (AvgIpc) is 2.99. The number of phenolic OH excluding ortho intramolecular Hbond substituents is 1. The number of benzene rings is 1. The summed E-state index contributed by atoms with van der Waals surface area (Å²) in [4.78, 5) is 15.1. The summed E-state index contributed by atoms with van der Waals surface area (Å²) in [5.74, 6) is 0.0114. The number of rotatable bonds is 6. The molecular formula is C17H25BrN2O3. The summed E-state index contributed by atoms with van der Waals surface area (Å²) in [6.07, 6.45) is 2.95. The molecule has 0 aromatic heterocycles. The SMILES string of the molecule is CCc1c(Br)cc(O)c(OC)c1C(=O)NC[C@@H]1CCCN1CC. The fourth-order valence-corrected chi connectivity index (χ4v) is 3.99. The van der Waals surface area contributed by atoms with E-state index >= 15 is 0 Å². The quantitative estimate of drug-likeness (QED) is 0.791. The van der Waals surface area contributed by atoms with Crippen molar-refractivity contribution in [2.45, 2.75) is 39.2 Å². The first-order chi connectivity index (χ1) is 11.0. The van der Waals surface area contributed by atoms with E-state index in [0.717, 1.165) is 29.5 Å². The highest BCUT2D eigenvalue weighted by molar-refractivity contribution is 9.10.